The van der Waals surface area contributed by atoms with Gasteiger partial charge in [0.05, 0.1) is 5.69 Å². The molecule has 1 saturated heterocycles. The van der Waals surface area contributed by atoms with E-state index in [1.807, 2.05) is 36.2 Å². The Hall–Kier alpha value is -2.50. The molecule has 4 rings (SSSR count). The predicted octanol–water partition coefficient (Wildman–Crippen LogP) is 2.83. The Morgan fingerprint density at radius 2 is 1.79 bits per heavy atom. The summed E-state index contributed by atoms with van der Waals surface area (Å²) in [5.41, 5.74) is 2.36. The molecule has 24 heavy (non-hydrogen) atoms. The highest BCUT2D eigenvalue weighted by Crippen LogP contribution is 2.36. The van der Waals surface area contributed by atoms with Crippen LogP contribution in [0.25, 0.3) is 11.3 Å². The Labute approximate surface area is 141 Å². The van der Waals surface area contributed by atoms with E-state index < -0.39 is 0 Å². The van der Waals surface area contributed by atoms with E-state index in [1.165, 1.54) is 12.8 Å². The molecule has 0 radical (unpaired) electrons. The van der Waals surface area contributed by atoms with Crippen LogP contribution in [0.4, 0.5) is 0 Å². The van der Waals surface area contributed by atoms with Gasteiger partial charge >= 0.3 is 0 Å². The van der Waals surface area contributed by atoms with Crippen LogP contribution < -0.4 is 9.47 Å². The molecule has 2 aliphatic heterocycles. The molecule has 1 aromatic heterocycles. The fraction of sp³-hybridized carbons (Fsp3) is 0.444. The summed E-state index contributed by atoms with van der Waals surface area (Å²) >= 11 is 0. The molecule has 0 N–H and O–H groups in total. The number of carbonyl (C=O) groups is 1. The molecule has 126 valence electrons. The lowest BCUT2D eigenvalue weighted by atomic mass is 10.1. The van der Waals surface area contributed by atoms with Crippen LogP contribution >= 0.6 is 0 Å². The van der Waals surface area contributed by atoms with Crippen molar-refractivity contribution < 1.29 is 14.3 Å². The molecule has 6 heteroatoms. The van der Waals surface area contributed by atoms with E-state index >= 15 is 0 Å². The fourth-order valence-corrected chi connectivity index (χ4v) is 3.33. The van der Waals surface area contributed by atoms with Gasteiger partial charge in [-0.1, -0.05) is 12.8 Å². The zero-order valence-corrected chi connectivity index (χ0v) is 13.8. The van der Waals surface area contributed by atoms with Gasteiger partial charge in [0.1, 0.15) is 0 Å². The number of aryl methyl sites for hydroxylation is 1. The van der Waals surface area contributed by atoms with Crippen LogP contribution in [0.5, 0.6) is 11.5 Å². The second-order valence-corrected chi connectivity index (χ2v) is 6.31. The molecule has 0 spiro atoms. The molecule has 1 fully saturated rings. The van der Waals surface area contributed by atoms with E-state index in [9.17, 15) is 4.79 Å². The van der Waals surface area contributed by atoms with Crippen molar-refractivity contribution in [2.24, 2.45) is 7.05 Å². The number of carbonyl (C=O) groups excluding carboxylic acids is 1. The van der Waals surface area contributed by atoms with E-state index in [0.29, 0.717) is 5.69 Å². The van der Waals surface area contributed by atoms with Gasteiger partial charge in [-0.25, -0.2) is 0 Å². The molecule has 3 heterocycles. The Bertz CT molecular complexity index is 761. The minimum atomic E-state index is 0.0273. The van der Waals surface area contributed by atoms with Gasteiger partial charge < -0.3 is 14.4 Å². The quantitative estimate of drug-likeness (QED) is 0.851. The number of ether oxygens (including phenoxy) is 2. The smallest absolute Gasteiger partial charge is 0.274 e. The Morgan fingerprint density at radius 3 is 2.58 bits per heavy atom. The van der Waals surface area contributed by atoms with Crippen molar-refractivity contribution in [3.63, 3.8) is 0 Å². The van der Waals surface area contributed by atoms with Crippen LogP contribution in [0.1, 0.15) is 36.2 Å². The van der Waals surface area contributed by atoms with Crippen LogP contribution in [-0.4, -0.2) is 40.5 Å². The summed E-state index contributed by atoms with van der Waals surface area (Å²) in [6.45, 7) is 1.91. The molecule has 0 atom stereocenters. The average Bonchev–Trinajstić information content (AvgIpc) is 3.11. The molecule has 0 saturated carbocycles. The first-order valence-corrected chi connectivity index (χ1v) is 8.46. The zero-order chi connectivity index (χ0) is 16.5. The van der Waals surface area contributed by atoms with Gasteiger partial charge in [0.2, 0.25) is 6.79 Å². The van der Waals surface area contributed by atoms with E-state index in [4.69, 9.17) is 9.47 Å². The third-order valence-electron chi connectivity index (χ3n) is 4.66. The van der Waals surface area contributed by atoms with E-state index in [-0.39, 0.29) is 12.7 Å². The second kappa shape index (κ2) is 6.19. The number of aromatic nitrogens is 2. The standard InChI is InChI=1S/C18H21N3O3/c1-20-15(13-6-7-16-17(10-13)24-12-23-16)11-14(19-20)18(22)21-8-4-2-3-5-9-21/h6-7,10-11H,2-5,8-9,12H2,1H3. The minimum absolute atomic E-state index is 0.0273. The predicted molar refractivity (Wildman–Crippen MR) is 89.1 cm³/mol. The Morgan fingerprint density at radius 1 is 1.04 bits per heavy atom. The average molecular weight is 327 g/mol. The number of benzene rings is 1. The van der Waals surface area contributed by atoms with Crippen LogP contribution in [-0.2, 0) is 7.05 Å². The first kappa shape index (κ1) is 15.1. The third-order valence-corrected chi connectivity index (χ3v) is 4.66. The van der Waals surface area contributed by atoms with Gasteiger partial charge in [-0.15, -0.1) is 0 Å². The molecule has 2 aliphatic rings. The summed E-state index contributed by atoms with van der Waals surface area (Å²) < 4.78 is 12.5. The van der Waals surface area contributed by atoms with Gasteiger partial charge in [0.15, 0.2) is 17.2 Å². The summed E-state index contributed by atoms with van der Waals surface area (Å²) in [7, 11) is 1.86. The maximum atomic E-state index is 12.7. The highest BCUT2D eigenvalue weighted by atomic mass is 16.7. The minimum Gasteiger partial charge on any atom is -0.454 e. The second-order valence-electron chi connectivity index (χ2n) is 6.31. The number of fused-ring (bicyclic) bond motifs is 1. The number of amides is 1. The first-order chi connectivity index (χ1) is 11.7. The normalized spacial score (nSPS) is 17.0. The van der Waals surface area contributed by atoms with Crippen LogP contribution in [0.15, 0.2) is 24.3 Å². The van der Waals surface area contributed by atoms with Crippen molar-refractivity contribution in [1.29, 1.82) is 0 Å². The van der Waals surface area contributed by atoms with E-state index in [0.717, 1.165) is 48.7 Å². The molecule has 1 amide bonds. The molecular formula is C18H21N3O3. The van der Waals surface area contributed by atoms with Crippen LogP contribution in [0.3, 0.4) is 0 Å². The lowest BCUT2D eigenvalue weighted by Crippen LogP contribution is -2.32. The maximum absolute atomic E-state index is 12.7. The van der Waals surface area contributed by atoms with Crippen molar-refractivity contribution in [1.82, 2.24) is 14.7 Å². The molecule has 6 nitrogen and oxygen atoms in total. The molecule has 1 aromatic carbocycles. The van der Waals surface area contributed by atoms with E-state index in [1.54, 1.807) is 4.68 Å². The molecule has 2 aromatic rings. The molecular weight excluding hydrogens is 306 g/mol. The monoisotopic (exact) mass is 327 g/mol. The lowest BCUT2D eigenvalue weighted by Gasteiger charge is -2.18. The van der Waals surface area contributed by atoms with Crippen LogP contribution in [0.2, 0.25) is 0 Å². The Balaban J connectivity index is 1.61. The maximum Gasteiger partial charge on any atom is 0.274 e. The molecule has 0 bridgehead atoms. The van der Waals surface area contributed by atoms with Gasteiger partial charge in [-0.05, 0) is 37.1 Å². The summed E-state index contributed by atoms with van der Waals surface area (Å²) in [6.07, 6.45) is 4.56. The van der Waals surface area contributed by atoms with Crippen molar-refractivity contribution >= 4 is 5.91 Å². The summed E-state index contributed by atoms with van der Waals surface area (Å²) in [5.74, 6) is 1.51. The zero-order valence-electron chi connectivity index (χ0n) is 13.8. The van der Waals surface area contributed by atoms with Crippen LogP contribution in [0, 0.1) is 0 Å². The fourth-order valence-electron chi connectivity index (χ4n) is 3.33. The number of hydrogen-bond acceptors (Lipinski definition) is 4. The Kier molecular flexibility index (Phi) is 3.88. The van der Waals surface area contributed by atoms with Crippen molar-refractivity contribution in [3.8, 4) is 22.8 Å². The summed E-state index contributed by atoms with van der Waals surface area (Å²) in [5, 5.41) is 4.44. The van der Waals surface area contributed by atoms with Gasteiger partial charge in [-0.3, -0.25) is 9.48 Å². The van der Waals surface area contributed by atoms with Crippen molar-refractivity contribution in [2.75, 3.05) is 19.9 Å². The molecule has 0 aliphatic carbocycles. The highest BCUT2D eigenvalue weighted by Gasteiger charge is 2.22. The van der Waals surface area contributed by atoms with Gasteiger partial charge in [0.25, 0.3) is 5.91 Å². The van der Waals surface area contributed by atoms with Crippen molar-refractivity contribution in [2.45, 2.75) is 25.7 Å². The van der Waals surface area contributed by atoms with Gasteiger partial charge in [-0.2, -0.15) is 5.10 Å². The van der Waals surface area contributed by atoms with E-state index in [2.05, 4.69) is 5.10 Å². The summed E-state index contributed by atoms with van der Waals surface area (Å²) in [4.78, 5) is 14.7. The van der Waals surface area contributed by atoms with Gasteiger partial charge in [0, 0.05) is 25.7 Å². The number of nitrogens with zero attached hydrogens (tertiary/aromatic N) is 3. The SMILES string of the molecule is Cn1nc(C(=O)N2CCCCCC2)cc1-c1ccc2c(c1)OCO2. The molecule has 0 unspecified atom stereocenters. The summed E-state index contributed by atoms with van der Waals surface area (Å²) in [6, 6.07) is 7.65. The number of likely N-dealkylation sites (tertiary alicyclic amines) is 1. The third kappa shape index (κ3) is 2.72. The number of rotatable bonds is 2. The lowest BCUT2D eigenvalue weighted by molar-refractivity contribution is 0.0755. The topological polar surface area (TPSA) is 56.6 Å². The largest absolute Gasteiger partial charge is 0.454 e. The van der Waals surface area contributed by atoms with Crippen molar-refractivity contribution in [3.05, 3.63) is 30.0 Å². The first-order valence-electron chi connectivity index (χ1n) is 8.46. The highest BCUT2D eigenvalue weighted by molar-refractivity contribution is 5.93. The number of hydrogen-bond donors (Lipinski definition) is 0.